The van der Waals surface area contributed by atoms with Crippen LogP contribution in [0.2, 0.25) is 0 Å². The van der Waals surface area contributed by atoms with E-state index in [4.69, 9.17) is 9.47 Å². The first kappa shape index (κ1) is 15.0. The van der Waals surface area contributed by atoms with E-state index in [0.29, 0.717) is 34.5 Å². The van der Waals surface area contributed by atoms with Crippen molar-refractivity contribution in [2.24, 2.45) is 0 Å². The van der Waals surface area contributed by atoms with Crippen molar-refractivity contribution in [1.82, 2.24) is 9.97 Å². The van der Waals surface area contributed by atoms with E-state index in [1.807, 2.05) is 24.3 Å². The van der Waals surface area contributed by atoms with Crippen LogP contribution in [0.15, 0.2) is 48.8 Å². The van der Waals surface area contributed by atoms with Gasteiger partial charge in [-0.2, -0.15) is 0 Å². The van der Waals surface area contributed by atoms with E-state index < -0.39 is 0 Å². The zero-order valence-corrected chi connectivity index (χ0v) is 12.9. The Morgan fingerprint density at radius 3 is 2.61 bits per heavy atom. The molecule has 0 aliphatic rings. The molecule has 0 bridgehead atoms. The van der Waals surface area contributed by atoms with Gasteiger partial charge in [0.05, 0.1) is 30.5 Å². The lowest BCUT2D eigenvalue weighted by atomic mass is 10.0. The highest BCUT2D eigenvalue weighted by atomic mass is 16.5. The van der Waals surface area contributed by atoms with Gasteiger partial charge in [0.15, 0.2) is 0 Å². The molecule has 0 radical (unpaired) electrons. The zero-order valence-electron chi connectivity index (χ0n) is 12.9. The Kier molecular flexibility index (Phi) is 4.19. The molecule has 0 unspecified atom stereocenters. The summed E-state index contributed by atoms with van der Waals surface area (Å²) >= 11 is 0. The number of hydrogen-bond donors (Lipinski definition) is 0. The molecule has 0 fully saturated rings. The Balaban J connectivity index is 2.24. The lowest BCUT2D eigenvalue weighted by molar-refractivity contribution is 0.0528. The number of nitrogens with zero attached hydrogens (tertiary/aromatic N) is 2. The molecule has 0 saturated carbocycles. The molecule has 0 spiro atoms. The second kappa shape index (κ2) is 6.44. The Hall–Kier alpha value is -2.95. The maximum Gasteiger partial charge on any atom is 0.338 e. The largest absolute Gasteiger partial charge is 0.497 e. The minimum atomic E-state index is -0.372. The van der Waals surface area contributed by atoms with Crippen molar-refractivity contribution in [2.45, 2.75) is 6.92 Å². The summed E-state index contributed by atoms with van der Waals surface area (Å²) in [6, 6.07) is 10.9. The summed E-state index contributed by atoms with van der Waals surface area (Å²) in [6.07, 6.45) is 3.39. The van der Waals surface area contributed by atoms with Crippen molar-refractivity contribution in [3.8, 4) is 17.0 Å². The van der Waals surface area contributed by atoms with Gasteiger partial charge in [-0.05, 0) is 43.3 Å². The number of esters is 1. The predicted octanol–water partition coefficient (Wildman–Crippen LogP) is 3.48. The predicted molar refractivity (Wildman–Crippen MR) is 87.5 cm³/mol. The van der Waals surface area contributed by atoms with Crippen LogP contribution in [0.25, 0.3) is 22.2 Å². The molecule has 5 heteroatoms. The number of pyridine rings is 2. The van der Waals surface area contributed by atoms with Crippen LogP contribution in [0.3, 0.4) is 0 Å². The smallest absolute Gasteiger partial charge is 0.338 e. The fourth-order valence-corrected chi connectivity index (χ4v) is 2.38. The van der Waals surface area contributed by atoms with Gasteiger partial charge in [-0.1, -0.05) is 0 Å². The van der Waals surface area contributed by atoms with Crippen LogP contribution < -0.4 is 4.74 Å². The molecule has 3 rings (SSSR count). The minimum Gasteiger partial charge on any atom is -0.497 e. The maximum absolute atomic E-state index is 12.3. The first-order valence-corrected chi connectivity index (χ1v) is 7.29. The number of benzene rings is 1. The maximum atomic E-state index is 12.3. The van der Waals surface area contributed by atoms with Crippen LogP contribution in [0.5, 0.6) is 5.75 Å². The third-order valence-electron chi connectivity index (χ3n) is 3.49. The van der Waals surface area contributed by atoms with Gasteiger partial charge in [0.2, 0.25) is 0 Å². The van der Waals surface area contributed by atoms with Crippen molar-refractivity contribution < 1.29 is 14.3 Å². The fraction of sp³-hybridized carbons (Fsp3) is 0.167. The summed E-state index contributed by atoms with van der Waals surface area (Å²) in [5.74, 6) is 0.296. The van der Waals surface area contributed by atoms with Crippen LogP contribution in [0, 0.1) is 0 Å². The van der Waals surface area contributed by atoms with Gasteiger partial charge in [0.1, 0.15) is 5.75 Å². The Morgan fingerprint density at radius 1 is 1.13 bits per heavy atom. The molecular weight excluding hydrogens is 292 g/mol. The number of hydrogen-bond acceptors (Lipinski definition) is 5. The number of carbonyl (C=O) groups is 1. The minimum absolute atomic E-state index is 0.317. The third kappa shape index (κ3) is 2.99. The van der Waals surface area contributed by atoms with Crippen molar-refractivity contribution in [3.05, 3.63) is 54.4 Å². The van der Waals surface area contributed by atoms with E-state index >= 15 is 0 Å². The molecule has 116 valence electrons. The van der Waals surface area contributed by atoms with Crippen molar-refractivity contribution in [1.29, 1.82) is 0 Å². The second-order valence-electron chi connectivity index (χ2n) is 4.89. The van der Waals surface area contributed by atoms with E-state index in [9.17, 15) is 4.79 Å². The van der Waals surface area contributed by atoms with Gasteiger partial charge < -0.3 is 9.47 Å². The molecule has 0 atom stereocenters. The average molecular weight is 308 g/mol. The van der Waals surface area contributed by atoms with Crippen LogP contribution in [0.4, 0.5) is 0 Å². The summed E-state index contributed by atoms with van der Waals surface area (Å²) in [5, 5.41) is 0.709. The number of carbonyl (C=O) groups excluding carboxylic acids is 1. The monoisotopic (exact) mass is 308 g/mol. The Morgan fingerprint density at radius 2 is 1.91 bits per heavy atom. The van der Waals surface area contributed by atoms with E-state index in [-0.39, 0.29) is 5.97 Å². The van der Waals surface area contributed by atoms with Crippen molar-refractivity contribution >= 4 is 16.9 Å². The average Bonchev–Trinajstić information content (AvgIpc) is 2.61. The molecule has 0 saturated heterocycles. The third-order valence-corrected chi connectivity index (χ3v) is 3.49. The van der Waals surface area contributed by atoms with Crippen molar-refractivity contribution in [3.63, 3.8) is 0 Å². The van der Waals surface area contributed by atoms with E-state index in [2.05, 4.69) is 9.97 Å². The SMILES string of the molecule is CCOC(=O)c1cc(-c2ccncc2)nc2ccc(OC)cc12. The summed E-state index contributed by atoms with van der Waals surface area (Å²) in [6.45, 7) is 2.10. The summed E-state index contributed by atoms with van der Waals surface area (Å²) in [5.41, 5.74) is 2.78. The van der Waals surface area contributed by atoms with Crippen LogP contribution in [-0.2, 0) is 4.74 Å². The summed E-state index contributed by atoms with van der Waals surface area (Å²) < 4.78 is 10.4. The van der Waals surface area contributed by atoms with Crippen LogP contribution in [-0.4, -0.2) is 29.7 Å². The van der Waals surface area contributed by atoms with Gasteiger partial charge in [-0.3, -0.25) is 4.98 Å². The van der Waals surface area contributed by atoms with Crippen LogP contribution >= 0.6 is 0 Å². The summed E-state index contributed by atoms with van der Waals surface area (Å²) in [4.78, 5) is 21.0. The van der Waals surface area contributed by atoms with E-state index in [1.54, 1.807) is 38.6 Å². The van der Waals surface area contributed by atoms with Gasteiger partial charge in [-0.25, -0.2) is 9.78 Å². The van der Waals surface area contributed by atoms with Gasteiger partial charge in [0, 0.05) is 23.3 Å². The molecule has 3 aromatic rings. The number of ether oxygens (including phenoxy) is 2. The van der Waals surface area contributed by atoms with E-state index in [0.717, 1.165) is 5.56 Å². The molecule has 0 aliphatic carbocycles. The number of fused-ring (bicyclic) bond motifs is 1. The number of methoxy groups -OCH3 is 1. The first-order chi connectivity index (χ1) is 11.2. The first-order valence-electron chi connectivity index (χ1n) is 7.29. The summed E-state index contributed by atoms with van der Waals surface area (Å²) in [7, 11) is 1.59. The highest BCUT2D eigenvalue weighted by molar-refractivity contribution is 6.05. The standard InChI is InChI=1S/C18H16N2O3/c1-3-23-18(21)15-11-17(12-6-8-19-9-7-12)20-16-5-4-13(22-2)10-14(15)16/h4-11H,3H2,1-2H3. The normalized spacial score (nSPS) is 10.5. The highest BCUT2D eigenvalue weighted by Gasteiger charge is 2.15. The molecule has 23 heavy (non-hydrogen) atoms. The van der Waals surface area contributed by atoms with Gasteiger partial charge in [0.25, 0.3) is 0 Å². The Labute approximate surface area is 133 Å². The highest BCUT2D eigenvalue weighted by Crippen LogP contribution is 2.28. The molecule has 1 aromatic carbocycles. The van der Waals surface area contributed by atoms with Crippen molar-refractivity contribution in [2.75, 3.05) is 13.7 Å². The topological polar surface area (TPSA) is 61.3 Å². The molecule has 2 heterocycles. The van der Waals surface area contributed by atoms with Crippen LogP contribution in [0.1, 0.15) is 17.3 Å². The molecule has 0 N–H and O–H groups in total. The van der Waals surface area contributed by atoms with Gasteiger partial charge in [-0.15, -0.1) is 0 Å². The fourth-order valence-electron chi connectivity index (χ4n) is 2.38. The molecule has 5 nitrogen and oxygen atoms in total. The Bertz CT molecular complexity index is 848. The zero-order chi connectivity index (χ0) is 16.2. The lowest BCUT2D eigenvalue weighted by Gasteiger charge is -2.10. The number of rotatable bonds is 4. The van der Waals surface area contributed by atoms with Gasteiger partial charge >= 0.3 is 5.97 Å². The van der Waals surface area contributed by atoms with E-state index in [1.165, 1.54) is 0 Å². The molecular formula is C18H16N2O3. The lowest BCUT2D eigenvalue weighted by Crippen LogP contribution is -2.06. The second-order valence-corrected chi connectivity index (χ2v) is 4.89. The molecule has 0 aliphatic heterocycles. The molecule has 0 amide bonds. The number of aromatic nitrogens is 2. The molecule has 2 aromatic heterocycles. The quantitative estimate of drug-likeness (QED) is 0.690.